The molecule has 0 spiro atoms. The number of hydrogen-bond donors (Lipinski definition) is 1. The standard InChI is InChI=1S/C18H24N2O3S/c1-4-12-7-5-6-8-15(12)23-13-9-20(10-13)16(21)14-11-24-18(2,3)17(22)19-14/h5-8,13-14H,4,9-11H2,1-3H3,(H,19,22)/t14-/m0/s1. The summed E-state index contributed by atoms with van der Waals surface area (Å²) in [5.41, 5.74) is 1.18. The molecule has 0 unspecified atom stereocenters. The van der Waals surface area contributed by atoms with Crippen molar-refractivity contribution in [2.75, 3.05) is 18.8 Å². The quantitative estimate of drug-likeness (QED) is 0.902. The highest BCUT2D eigenvalue weighted by molar-refractivity contribution is 8.01. The van der Waals surface area contributed by atoms with Crippen LogP contribution in [0.25, 0.3) is 0 Å². The first-order valence-electron chi connectivity index (χ1n) is 8.39. The maximum Gasteiger partial charge on any atom is 0.246 e. The van der Waals surface area contributed by atoms with Crippen molar-refractivity contribution in [1.82, 2.24) is 10.2 Å². The summed E-state index contributed by atoms with van der Waals surface area (Å²) in [6.45, 7) is 7.02. The molecule has 1 aromatic carbocycles. The van der Waals surface area contributed by atoms with Crippen molar-refractivity contribution in [3.8, 4) is 5.75 Å². The molecule has 0 aliphatic carbocycles. The molecule has 130 valence electrons. The van der Waals surface area contributed by atoms with Gasteiger partial charge in [-0.15, -0.1) is 11.8 Å². The van der Waals surface area contributed by atoms with Crippen molar-refractivity contribution in [1.29, 1.82) is 0 Å². The zero-order valence-corrected chi connectivity index (χ0v) is 15.2. The van der Waals surface area contributed by atoms with Gasteiger partial charge in [0.1, 0.15) is 17.9 Å². The lowest BCUT2D eigenvalue weighted by Crippen LogP contribution is -2.64. The van der Waals surface area contributed by atoms with Crippen molar-refractivity contribution >= 4 is 23.6 Å². The lowest BCUT2D eigenvalue weighted by Gasteiger charge is -2.42. The highest BCUT2D eigenvalue weighted by Gasteiger charge is 2.42. The number of benzene rings is 1. The van der Waals surface area contributed by atoms with E-state index in [0.717, 1.165) is 12.2 Å². The van der Waals surface area contributed by atoms with Crippen LogP contribution in [-0.4, -0.2) is 52.4 Å². The molecule has 1 N–H and O–H groups in total. The van der Waals surface area contributed by atoms with Gasteiger partial charge in [0.15, 0.2) is 0 Å². The number of carbonyl (C=O) groups excluding carboxylic acids is 2. The molecule has 2 saturated heterocycles. The lowest BCUT2D eigenvalue weighted by atomic mass is 10.1. The molecule has 2 heterocycles. The monoisotopic (exact) mass is 348 g/mol. The fourth-order valence-corrected chi connectivity index (χ4v) is 3.87. The second-order valence-electron chi connectivity index (χ2n) is 6.79. The topological polar surface area (TPSA) is 58.6 Å². The van der Waals surface area contributed by atoms with Gasteiger partial charge in [0.25, 0.3) is 0 Å². The van der Waals surface area contributed by atoms with E-state index in [9.17, 15) is 9.59 Å². The van der Waals surface area contributed by atoms with Gasteiger partial charge in [0.05, 0.1) is 17.8 Å². The van der Waals surface area contributed by atoms with E-state index in [4.69, 9.17) is 4.74 Å². The van der Waals surface area contributed by atoms with Gasteiger partial charge in [-0.05, 0) is 31.9 Å². The van der Waals surface area contributed by atoms with Crippen molar-refractivity contribution in [3.05, 3.63) is 29.8 Å². The number of hydrogen-bond acceptors (Lipinski definition) is 4. The van der Waals surface area contributed by atoms with Crippen molar-refractivity contribution in [3.63, 3.8) is 0 Å². The zero-order chi connectivity index (χ0) is 17.3. The summed E-state index contributed by atoms with van der Waals surface area (Å²) in [6, 6.07) is 7.59. The highest BCUT2D eigenvalue weighted by Crippen LogP contribution is 2.30. The van der Waals surface area contributed by atoms with Crippen molar-refractivity contribution in [2.45, 2.75) is 44.1 Å². The van der Waals surface area contributed by atoms with Gasteiger partial charge in [0, 0.05) is 5.75 Å². The Morgan fingerprint density at radius 3 is 2.75 bits per heavy atom. The minimum absolute atomic E-state index is 0.00465. The summed E-state index contributed by atoms with van der Waals surface area (Å²) in [5, 5.41) is 2.85. The maximum absolute atomic E-state index is 12.5. The number of nitrogens with one attached hydrogen (secondary N) is 1. The second kappa shape index (κ2) is 6.67. The molecule has 2 amide bonds. The Kier molecular flexibility index (Phi) is 4.76. The van der Waals surface area contributed by atoms with Crippen LogP contribution in [0.15, 0.2) is 24.3 Å². The van der Waals surface area contributed by atoms with E-state index in [2.05, 4.69) is 18.3 Å². The molecule has 0 aromatic heterocycles. The predicted octanol–water partition coefficient (Wildman–Crippen LogP) is 1.85. The van der Waals surface area contributed by atoms with E-state index in [1.54, 1.807) is 4.90 Å². The molecule has 3 rings (SSSR count). The Labute approximate surface area is 147 Å². The average Bonchev–Trinajstić information content (AvgIpc) is 2.53. The second-order valence-corrected chi connectivity index (χ2v) is 8.43. The number of carbonyl (C=O) groups is 2. The molecule has 2 aliphatic heterocycles. The van der Waals surface area contributed by atoms with Gasteiger partial charge in [0.2, 0.25) is 11.8 Å². The van der Waals surface area contributed by atoms with Gasteiger partial charge >= 0.3 is 0 Å². The summed E-state index contributed by atoms with van der Waals surface area (Å²) < 4.78 is 5.55. The molecule has 1 aromatic rings. The van der Waals surface area contributed by atoms with E-state index < -0.39 is 10.8 Å². The van der Waals surface area contributed by atoms with Gasteiger partial charge in [-0.3, -0.25) is 9.59 Å². The number of nitrogens with zero attached hydrogens (tertiary/aromatic N) is 1. The van der Waals surface area contributed by atoms with Crippen LogP contribution in [0.4, 0.5) is 0 Å². The van der Waals surface area contributed by atoms with E-state index in [1.165, 1.54) is 17.3 Å². The normalized spacial score (nSPS) is 23.4. The third-order valence-electron chi connectivity index (χ3n) is 4.57. The van der Waals surface area contributed by atoms with Crippen LogP contribution in [-0.2, 0) is 16.0 Å². The van der Waals surface area contributed by atoms with Crippen molar-refractivity contribution < 1.29 is 14.3 Å². The fourth-order valence-electron chi connectivity index (χ4n) is 2.87. The molecule has 2 fully saturated rings. The number of para-hydroxylation sites is 1. The first kappa shape index (κ1) is 17.1. The van der Waals surface area contributed by atoms with E-state index in [0.29, 0.717) is 18.8 Å². The Morgan fingerprint density at radius 2 is 2.08 bits per heavy atom. The molecular weight excluding hydrogens is 324 g/mol. The SMILES string of the molecule is CCc1ccccc1OC1CN(C(=O)[C@@H]2CSC(C)(C)C(=O)N2)C1. The summed E-state index contributed by atoms with van der Waals surface area (Å²) in [7, 11) is 0. The molecule has 6 heteroatoms. The Hall–Kier alpha value is -1.69. The first-order valence-corrected chi connectivity index (χ1v) is 9.37. The molecule has 0 bridgehead atoms. The molecular formula is C18H24N2O3S. The number of ether oxygens (including phenoxy) is 1. The van der Waals surface area contributed by atoms with E-state index in [-0.39, 0.29) is 17.9 Å². The third kappa shape index (κ3) is 3.38. The van der Waals surface area contributed by atoms with Crippen molar-refractivity contribution in [2.24, 2.45) is 0 Å². The number of aryl methyl sites for hydroxylation is 1. The predicted molar refractivity (Wildman–Crippen MR) is 95.3 cm³/mol. The average molecular weight is 348 g/mol. The number of thioether (sulfide) groups is 1. The van der Waals surface area contributed by atoms with Crippen LogP contribution >= 0.6 is 11.8 Å². The largest absolute Gasteiger partial charge is 0.486 e. The zero-order valence-electron chi connectivity index (χ0n) is 14.4. The number of rotatable bonds is 4. The summed E-state index contributed by atoms with van der Waals surface area (Å²) in [4.78, 5) is 26.3. The molecule has 0 radical (unpaired) electrons. The van der Waals surface area contributed by atoms with Crippen LogP contribution in [0.5, 0.6) is 5.75 Å². The van der Waals surface area contributed by atoms with Gasteiger partial charge < -0.3 is 15.0 Å². The van der Waals surface area contributed by atoms with E-state index in [1.807, 2.05) is 32.0 Å². The minimum Gasteiger partial charge on any atom is -0.486 e. The summed E-state index contributed by atoms with van der Waals surface area (Å²) in [5.74, 6) is 1.45. The van der Waals surface area contributed by atoms with Crippen LogP contribution in [0.1, 0.15) is 26.3 Å². The van der Waals surface area contributed by atoms with Crippen LogP contribution < -0.4 is 10.1 Å². The van der Waals surface area contributed by atoms with Crippen LogP contribution in [0.2, 0.25) is 0 Å². The fraction of sp³-hybridized carbons (Fsp3) is 0.556. The smallest absolute Gasteiger partial charge is 0.246 e. The number of amides is 2. The molecule has 0 saturated carbocycles. The molecule has 2 aliphatic rings. The maximum atomic E-state index is 12.5. The highest BCUT2D eigenvalue weighted by atomic mass is 32.2. The first-order chi connectivity index (χ1) is 11.4. The minimum atomic E-state index is -0.457. The van der Waals surface area contributed by atoms with Gasteiger partial charge in [-0.2, -0.15) is 0 Å². The number of likely N-dealkylation sites (tertiary alicyclic amines) is 1. The van der Waals surface area contributed by atoms with Gasteiger partial charge in [-0.1, -0.05) is 25.1 Å². The Bertz CT molecular complexity index is 641. The van der Waals surface area contributed by atoms with Crippen LogP contribution in [0, 0.1) is 0 Å². The lowest BCUT2D eigenvalue weighted by molar-refractivity contribution is -0.144. The summed E-state index contributed by atoms with van der Waals surface area (Å²) in [6.07, 6.45) is 0.956. The Morgan fingerprint density at radius 1 is 1.38 bits per heavy atom. The van der Waals surface area contributed by atoms with E-state index >= 15 is 0 Å². The van der Waals surface area contributed by atoms with Crippen LogP contribution in [0.3, 0.4) is 0 Å². The third-order valence-corrected chi connectivity index (χ3v) is 5.98. The Balaban J connectivity index is 1.51. The molecule has 5 nitrogen and oxygen atoms in total. The summed E-state index contributed by atoms with van der Waals surface area (Å²) >= 11 is 1.53. The van der Waals surface area contributed by atoms with Gasteiger partial charge in [-0.25, -0.2) is 0 Å². The molecule has 24 heavy (non-hydrogen) atoms. The molecule has 1 atom stereocenters.